The van der Waals surface area contributed by atoms with Crippen molar-refractivity contribution in [1.29, 1.82) is 0 Å². The summed E-state index contributed by atoms with van der Waals surface area (Å²) in [6.45, 7) is 2.01. The standard InChI is InChI=1S/C17H18N6O3/c1-12-18-6-8-23(12)14-4-3-13(9-19-14)10-20-15(24)11-22-7-5-16(25)21(2)17(22)26/h3-9H,10-11H2,1-2H3,(H,20,24). The summed E-state index contributed by atoms with van der Waals surface area (Å²) in [5.41, 5.74) is -0.118. The minimum Gasteiger partial charge on any atom is -0.350 e. The van der Waals surface area contributed by atoms with E-state index in [-0.39, 0.29) is 19.0 Å². The first kappa shape index (κ1) is 17.3. The van der Waals surface area contributed by atoms with Crippen molar-refractivity contribution < 1.29 is 4.79 Å². The lowest BCUT2D eigenvalue weighted by Gasteiger charge is -2.09. The van der Waals surface area contributed by atoms with Crippen LogP contribution in [0.1, 0.15) is 11.4 Å². The maximum atomic E-state index is 12.0. The van der Waals surface area contributed by atoms with Gasteiger partial charge in [0, 0.05) is 44.4 Å². The third-order valence-corrected chi connectivity index (χ3v) is 3.95. The molecular formula is C17H18N6O3. The zero-order chi connectivity index (χ0) is 18.7. The molecule has 0 aliphatic rings. The number of pyridine rings is 1. The van der Waals surface area contributed by atoms with Crippen molar-refractivity contribution in [2.75, 3.05) is 0 Å². The summed E-state index contributed by atoms with van der Waals surface area (Å²) in [5.74, 6) is 1.24. The highest BCUT2D eigenvalue weighted by molar-refractivity contribution is 5.75. The van der Waals surface area contributed by atoms with E-state index in [0.717, 1.165) is 21.8 Å². The summed E-state index contributed by atoms with van der Waals surface area (Å²) >= 11 is 0. The van der Waals surface area contributed by atoms with Crippen LogP contribution in [-0.4, -0.2) is 29.6 Å². The van der Waals surface area contributed by atoms with Crippen LogP contribution in [0.25, 0.3) is 5.82 Å². The molecule has 3 rings (SSSR count). The molecule has 0 aliphatic heterocycles. The van der Waals surface area contributed by atoms with Gasteiger partial charge < -0.3 is 5.32 Å². The molecule has 26 heavy (non-hydrogen) atoms. The van der Waals surface area contributed by atoms with Crippen LogP contribution in [0, 0.1) is 6.92 Å². The minimum absolute atomic E-state index is 0.160. The van der Waals surface area contributed by atoms with Crippen LogP contribution >= 0.6 is 0 Å². The van der Waals surface area contributed by atoms with Crippen LogP contribution in [0.3, 0.4) is 0 Å². The SMILES string of the molecule is Cc1nccn1-c1ccc(CNC(=O)Cn2ccc(=O)n(C)c2=O)cn1. The zero-order valence-electron chi connectivity index (χ0n) is 14.4. The summed E-state index contributed by atoms with van der Waals surface area (Å²) in [6, 6.07) is 4.95. The molecule has 9 heteroatoms. The van der Waals surface area contributed by atoms with Gasteiger partial charge in [-0.15, -0.1) is 0 Å². The molecule has 1 N–H and O–H groups in total. The highest BCUT2D eigenvalue weighted by Gasteiger charge is 2.07. The molecule has 3 heterocycles. The minimum atomic E-state index is -0.533. The van der Waals surface area contributed by atoms with Crippen molar-refractivity contribution in [1.82, 2.24) is 29.0 Å². The maximum Gasteiger partial charge on any atom is 0.331 e. The number of nitrogens with zero attached hydrogens (tertiary/aromatic N) is 5. The molecule has 9 nitrogen and oxygen atoms in total. The fourth-order valence-electron chi connectivity index (χ4n) is 2.43. The molecule has 0 fully saturated rings. The Kier molecular flexibility index (Phi) is 4.78. The Bertz CT molecular complexity index is 1050. The van der Waals surface area contributed by atoms with E-state index in [1.807, 2.05) is 29.8 Å². The summed E-state index contributed by atoms with van der Waals surface area (Å²) in [4.78, 5) is 43.8. The van der Waals surface area contributed by atoms with Gasteiger partial charge in [-0.25, -0.2) is 14.8 Å². The summed E-state index contributed by atoms with van der Waals surface area (Å²) in [5, 5.41) is 2.73. The number of amides is 1. The van der Waals surface area contributed by atoms with Gasteiger partial charge in [0.2, 0.25) is 5.91 Å². The van der Waals surface area contributed by atoms with Crippen LogP contribution in [-0.2, 0) is 24.9 Å². The van der Waals surface area contributed by atoms with Crippen molar-refractivity contribution in [2.45, 2.75) is 20.0 Å². The fraction of sp³-hybridized carbons (Fsp3) is 0.235. The Morgan fingerprint density at radius 1 is 1.15 bits per heavy atom. The van der Waals surface area contributed by atoms with Gasteiger partial charge >= 0.3 is 5.69 Å². The molecule has 3 aromatic heterocycles. The van der Waals surface area contributed by atoms with Gasteiger partial charge in [-0.1, -0.05) is 6.07 Å². The fourth-order valence-corrected chi connectivity index (χ4v) is 2.43. The first-order chi connectivity index (χ1) is 12.5. The molecule has 3 aromatic rings. The van der Waals surface area contributed by atoms with Gasteiger partial charge in [0.1, 0.15) is 18.2 Å². The quantitative estimate of drug-likeness (QED) is 0.681. The lowest BCUT2D eigenvalue weighted by molar-refractivity contribution is -0.121. The average Bonchev–Trinajstić information content (AvgIpc) is 3.07. The lowest BCUT2D eigenvalue weighted by atomic mass is 10.3. The molecule has 0 bridgehead atoms. The lowest BCUT2D eigenvalue weighted by Crippen LogP contribution is -2.40. The molecule has 134 valence electrons. The van der Waals surface area contributed by atoms with Crippen LogP contribution in [0.2, 0.25) is 0 Å². The first-order valence-corrected chi connectivity index (χ1v) is 7.94. The molecular weight excluding hydrogens is 336 g/mol. The Hall–Kier alpha value is -3.49. The Morgan fingerprint density at radius 3 is 2.62 bits per heavy atom. The Morgan fingerprint density at radius 2 is 1.96 bits per heavy atom. The van der Waals surface area contributed by atoms with E-state index in [9.17, 15) is 14.4 Å². The number of aromatic nitrogens is 5. The number of rotatable bonds is 5. The molecule has 0 aromatic carbocycles. The summed E-state index contributed by atoms with van der Waals surface area (Å²) < 4.78 is 3.99. The molecule has 0 aliphatic carbocycles. The Labute approximate surface area is 148 Å². The zero-order valence-corrected chi connectivity index (χ0v) is 14.4. The van der Waals surface area contributed by atoms with Crippen LogP contribution < -0.4 is 16.6 Å². The van der Waals surface area contributed by atoms with Crippen molar-refractivity contribution >= 4 is 5.91 Å². The van der Waals surface area contributed by atoms with Crippen LogP contribution in [0.15, 0.2) is 52.6 Å². The van der Waals surface area contributed by atoms with E-state index in [0.29, 0.717) is 0 Å². The predicted molar refractivity (Wildman–Crippen MR) is 93.9 cm³/mol. The van der Waals surface area contributed by atoms with Gasteiger partial charge in [0.25, 0.3) is 5.56 Å². The summed E-state index contributed by atoms with van der Waals surface area (Å²) in [6.07, 6.45) is 6.51. The topological polar surface area (TPSA) is 104 Å². The molecule has 0 spiro atoms. The highest BCUT2D eigenvalue weighted by Crippen LogP contribution is 2.08. The van der Waals surface area contributed by atoms with Crippen molar-refractivity contribution in [3.05, 3.63) is 75.2 Å². The molecule has 1 amide bonds. The number of nitrogens with one attached hydrogen (secondary N) is 1. The number of hydrogen-bond donors (Lipinski definition) is 1. The van der Waals surface area contributed by atoms with E-state index in [4.69, 9.17) is 0 Å². The van der Waals surface area contributed by atoms with Crippen LogP contribution in [0.5, 0.6) is 0 Å². The number of imidazole rings is 1. The second-order valence-electron chi connectivity index (χ2n) is 5.77. The molecule has 0 radical (unpaired) electrons. The van der Waals surface area contributed by atoms with E-state index in [1.165, 1.54) is 23.9 Å². The predicted octanol–water partition coefficient (Wildman–Crippen LogP) is -0.247. The van der Waals surface area contributed by atoms with Crippen molar-refractivity contribution in [3.8, 4) is 5.82 Å². The van der Waals surface area contributed by atoms with Gasteiger partial charge in [-0.05, 0) is 18.6 Å². The van der Waals surface area contributed by atoms with Gasteiger partial charge in [0.05, 0.1) is 0 Å². The normalized spacial score (nSPS) is 10.7. The number of carbonyl (C=O) groups is 1. The van der Waals surface area contributed by atoms with Crippen molar-refractivity contribution in [2.24, 2.45) is 7.05 Å². The second-order valence-corrected chi connectivity index (χ2v) is 5.77. The first-order valence-electron chi connectivity index (χ1n) is 7.94. The smallest absolute Gasteiger partial charge is 0.331 e. The summed E-state index contributed by atoms with van der Waals surface area (Å²) in [7, 11) is 1.37. The largest absolute Gasteiger partial charge is 0.350 e. The van der Waals surface area contributed by atoms with Gasteiger partial charge in [0.15, 0.2) is 0 Å². The third-order valence-electron chi connectivity index (χ3n) is 3.95. The van der Waals surface area contributed by atoms with Crippen LogP contribution in [0.4, 0.5) is 0 Å². The monoisotopic (exact) mass is 354 g/mol. The van der Waals surface area contributed by atoms with Crippen molar-refractivity contribution in [3.63, 3.8) is 0 Å². The van der Waals surface area contributed by atoms with E-state index in [2.05, 4.69) is 15.3 Å². The maximum absolute atomic E-state index is 12.0. The average molecular weight is 354 g/mol. The van der Waals surface area contributed by atoms with E-state index >= 15 is 0 Å². The number of carbonyl (C=O) groups excluding carboxylic acids is 1. The molecule has 0 atom stereocenters. The Balaban J connectivity index is 1.61. The number of hydrogen-bond acceptors (Lipinski definition) is 5. The highest BCUT2D eigenvalue weighted by atomic mass is 16.2. The second kappa shape index (κ2) is 7.18. The molecule has 0 saturated carbocycles. The van der Waals surface area contributed by atoms with Gasteiger partial charge in [-0.3, -0.25) is 23.3 Å². The molecule has 0 saturated heterocycles. The number of aryl methyl sites for hydroxylation is 1. The third kappa shape index (κ3) is 3.61. The van der Waals surface area contributed by atoms with E-state index in [1.54, 1.807) is 12.4 Å². The van der Waals surface area contributed by atoms with Gasteiger partial charge in [-0.2, -0.15) is 0 Å². The van der Waals surface area contributed by atoms with E-state index < -0.39 is 11.2 Å². The molecule has 0 unspecified atom stereocenters.